The van der Waals surface area contributed by atoms with Gasteiger partial charge in [-0.15, -0.1) is 0 Å². The first-order valence-corrected chi connectivity index (χ1v) is 8.35. The van der Waals surface area contributed by atoms with Crippen LogP contribution in [0.2, 0.25) is 0 Å². The molecule has 2 amide bonds. The molecule has 0 spiro atoms. The van der Waals surface area contributed by atoms with E-state index in [1.54, 1.807) is 6.92 Å². The molecule has 92 valence electrons. The number of rotatable bonds is 3. The van der Waals surface area contributed by atoms with Crippen molar-refractivity contribution in [3.63, 3.8) is 0 Å². The first kappa shape index (κ1) is 14.3. The molecular formula is C11H12INO3S. The maximum absolute atomic E-state index is 11.6. The molecular weight excluding hydrogens is 353 g/mol. The predicted octanol–water partition coefficient (Wildman–Crippen LogP) is 3.85. The summed E-state index contributed by atoms with van der Waals surface area (Å²) in [4.78, 5) is 24.1. The van der Waals surface area contributed by atoms with Crippen LogP contribution in [0.15, 0.2) is 30.3 Å². The van der Waals surface area contributed by atoms with Crippen LogP contribution in [0.3, 0.4) is 0 Å². The summed E-state index contributed by atoms with van der Waals surface area (Å²) in [5.74, 6) is 0. The van der Waals surface area contributed by atoms with E-state index in [9.17, 15) is 9.59 Å². The summed E-state index contributed by atoms with van der Waals surface area (Å²) in [6.45, 7) is 2.21. The molecule has 0 heterocycles. The Morgan fingerprint density at radius 2 is 2.00 bits per heavy atom. The Morgan fingerprint density at radius 1 is 1.35 bits per heavy atom. The molecule has 0 atom stereocenters. The lowest BCUT2D eigenvalue weighted by atomic mass is 10.2. The van der Waals surface area contributed by atoms with Crippen molar-refractivity contribution >= 4 is 41.5 Å². The van der Waals surface area contributed by atoms with Gasteiger partial charge < -0.3 is 4.74 Å². The Morgan fingerprint density at radius 3 is 2.53 bits per heavy atom. The molecule has 0 aromatic heterocycles. The van der Waals surface area contributed by atoms with E-state index in [0.717, 1.165) is 19.4 Å². The van der Waals surface area contributed by atoms with Crippen molar-refractivity contribution in [3.05, 3.63) is 35.9 Å². The van der Waals surface area contributed by atoms with Gasteiger partial charge >= 0.3 is 11.3 Å². The Labute approximate surface area is 116 Å². The van der Waals surface area contributed by atoms with Crippen LogP contribution in [0.1, 0.15) is 12.5 Å². The second-order valence-electron chi connectivity index (χ2n) is 3.13. The zero-order valence-electron chi connectivity index (χ0n) is 9.26. The number of benzene rings is 1. The maximum Gasteiger partial charge on any atom is 0.417 e. The van der Waals surface area contributed by atoms with Crippen molar-refractivity contribution in [3.8, 4) is 0 Å². The van der Waals surface area contributed by atoms with E-state index in [0.29, 0.717) is 6.54 Å². The van der Waals surface area contributed by atoms with E-state index in [4.69, 9.17) is 4.74 Å². The Kier molecular flexibility index (Phi) is 6.35. The highest BCUT2D eigenvalue weighted by Crippen LogP contribution is 2.17. The minimum atomic E-state index is -0.606. The minimum Gasteiger partial charge on any atom is -0.444 e. The Bertz CT molecular complexity index is 386. The molecule has 0 radical (unpaired) electrons. The molecule has 1 aromatic carbocycles. The summed E-state index contributed by atoms with van der Waals surface area (Å²) in [6.07, 6.45) is -0.606. The zero-order valence-corrected chi connectivity index (χ0v) is 12.2. The van der Waals surface area contributed by atoms with Gasteiger partial charge in [-0.05, 0) is 12.5 Å². The number of imide groups is 1. The van der Waals surface area contributed by atoms with E-state index in [-0.39, 0.29) is 11.8 Å². The van der Waals surface area contributed by atoms with E-state index >= 15 is 0 Å². The van der Waals surface area contributed by atoms with Gasteiger partial charge in [0.05, 0.1) is 0 Å². The van der Waals surface area contributed by atoms with E-state index in [2.05, 4.69) is 0 Å². The summed E-state index contributed by atoms with van der Waals surface area (Å²) < 4.78 is 5.05. The molecule has 0 N–H and O–H groups in total. The second-order valence-corrected chi connectivity index (χ2v) is 4.95. The maximum atomic E-state index is 11.6. The number of hydrogen-bond donors (Lipinski definition) is 0. The van der Waals surface area contributed by atoms with Crippen LogP contribution >= 0.6 is 30.1 Å². The highest BCUT2D eigenvalue weighted by Gasteiger charge is 2.20. The fourth-order valence-corrected chi connectivity index (χ4v) is 2.17. The first-order valence-electron chi connectivity index (χ1n) is 4.99. The molecule has 1 rings (SSSR count). The molecule has 0 aliphatic heterocycles. The SMILES string of the molecule is CCN(C(=O)OCc1ccccc1)C(=O)SI. The van der Waals surface area contributed by atoms with Gasteiger partial charge in [0, 0.05) is 36.7 Å². The van der Waals surface area contributed by atoms with Gasteiger partial charge in [-0.3, -0.25) is 4.79 Å². The van der Waals surface area contributed by atoms with Gasteiger partial charge in [0.1, 0.15) is 6.61 Å². The third-order valence-corrected chi connectivity index (χ3v) is 3.51. The molecule has 0 aliphatic carbocycles. The monoisotopic (exact) mass is 365 g/mol. The topological polar surface area (TPSA) is 46.6 Å². The smallest absolute Gasteiger partial charge is 0.417 e. The first-order chi connectivity index (χ1) is 8.19. The summed E-state index contributed by atoms with van der Waals surface area (Å²) >= 11 is 1.84. The number of hydrogen-bond acceptors (Lipinski definition) is 4. The fraction of sp³-hybridized carbons (Fsp3) is 0.273. The van der Waals surface area contributed by atoms with Gasteiger partial charge in [0.15, 0.2) is 0 Å². The fourth-order valence-electron chi connectivity index (χ4n) is 1.17. The average molecular weight is 365 g/mol. The van der Waals surface area contributed by atoms with Gasteiger partial charge in [0.2, 0.25) is 0 Å². The number of carbonyl (C=O) groups is 2. The van der Waals surface area contributed by atoms with Crippen LogP contribution in [-0.4, -0.2) is 22.8 Å². The molecule has 0 saturated heterocycles. The van der Waals surface area contributed by atoms with Crippen molar-refractivity contribution in [2.24, 2.45) is 0 Å². The van der Waals surface area contributed by atoms with Crippen molar-refractivity contribution in [1.29, 1.82) is 0 Å². The molecule has 0 unspecified atom stereocenters. The van der Waals surface area contributed by atoms with E-state index in [1.807, 2.05) is 51.5 Å². The van der Waals surface area contributed by atoms with Crippen LogP contribution in [0, 0.1) is 0 Å². The lowest BCUT2D eigenvalue weighted by molar-refractivity contribution is 0.110. The number of ether oxygens (including phenoxy) is 1. The largest absolute Gasteiger partial charge is 0.444 e. The molecule has 0 aliphatic rings. The normalized spacial score (nSPS) is 9.76. The molecule has 0 fully saturated rings. The molecule has 4 nitrogen and oxygen atoms in total. The molecule has 0 bridgehead atoms. The van der Waals surface area contributed by atoms with Crippen LogP contribution in [0.25, 0.3) is 0 Å². The van der Waals surface area contributed by atoms with Crippen molar-refractivity contribution in [2.45, 2.75) is 13.5 Å². The quantitative estimate of drug-likeness (QED) is 0.764. The van der Waals surface area contributed by atoms with Gasteiger partial charge in [-0.2, -0.15) is 0 Å². The Balaban J connectivity index is 2.51. The molecule has 1 aromatic rings. The van der Waals surface area contributed by atoms with Crippen molar-refractivity contribution in [2.75, 3.05) is 6.54 Å². The van der Waals surface area contributed by atoms with Crippen LogP contribution in [-0.2, 0) is 11.3 Å². The summed E-state index contributed by atoms with van der Waals surface area (Å²) in [5.41, 5.74) is 0.895. The number of amides is 2. The number of halogens is 1. The third-order valence-electron chi connectivity index (χ3n) is 2.03. The zero-order chi connectivity index (χ0) is 12.7. The summed E-state index contributed by atoms with van der Waals surface area (Å²) in [6, 6.07) is 9.34. The molecule has 0 saturated carbocycles. The lowest BCUT2D eigenvalue weighted by Crippen LogP contribution is -2.33. The second kappa shape index (κ2) is 7.54. The van der Waals surface area contributed by atoms with Crippen LogP contribution in [0.5, 0.6) is 0 Å². The highest BCUT2D eigenvalue weighted by atomic mass is 127. The number of carbonyl (C=O) groups excluding carboxylic acids is 2. The van der Waals surface area contributed by atoms with E-state index in [1.165, 1.54) is 0 Å². The molecule has 17 heavy (non-hydrogen) atoms. The standard InChI is InChI=1S/C11H12INO3S/c1-2-13(11(15)17-12)10(14)16-8-9-6-4-3-5-7-9/h3-7H,2,8H2,1H3. The third kappa shape index (κ3) is 4.55. The Hall–Kier alpha value is -0.760. The van der Waals surface area contributed by atoms with Gasteiger partial charge in [0.25, 0.3) is 0 Å². The predicted molar refractivity (Wildman–Crippen MR) is 76.0 cm³/mol. The summed E-state index contributed by atoms with van der Waals surface area (Å²) in [7, 11) is 0.964. The van der Waals surface area contributed by atoms with Crippen molar-refractivity contribution in [1.82, 2.24) is 4.90 Å². The van der Waals surface area contributed by atoms with Crippen LogP contribution < -0.4 is 0 Å². The lowest BCUT2D eigenvalue weighted by Gasteiger charge is -2.16. The van der Waals surface area contributed by atoms with E-state index < -0.39 is 6.09 Å². The highest BCUT2D eigenvalue weighted by molar-refractivity contribution is 14.2. The van der Waals surface area contributed by atoms with Crippen molar-refractivity contribution < 1.29 is 14.3 Å². The van der Waals surface area contributed by atoms with Crippen LogP contribution in [0.4, 0.5) is 9.59 Å². The average Bonchev–Trinajstić information content (AvgIpc) is 2.38. The summed E-state index contributed by atoms with van der Waals surface area (Å²) in [5, 5.41) is -0.314. The molecule has 6 heteroatoms. The number of nitrogens with zero attached hydrogens (tertiary/aromatic N) is 1. The minimum absolute atomic E-state index is 0.176. The van der Waals surface area contributed by atoms with Gasteiger partial charge in [-0.25, -0.2) is 9.69 Å². The van der Waals surface area contributed by atoms with Gasteiger partial charge in [-0.1, -0.05) is 30.3 Å².